The third kappa shape index (κ3) is 4.01. The van der Waals surface area contributed by atoms with Crippen molar-refractivity contribution in [3.63, 3.8) is 0 Å². The molecule has 0 spiro atoms. The molecule has 1 aliphatic rings. The summed E-state index contributed by atoms with van der Waals surface area (Å²) in [6.07, 6.45) is 1.92. The summed E-state index contributed by atoms with van der Waals surface area (Å²) in [5.41, 5.74) is 0.481. The average Bonchev–Trinajstić information content (AvgIpc) is 3.40. The van der Waals surface area contributed by atoms with Crippen molar-refractivity contribution in [3.05, 3.63) is 55.7 Å². The second-order valence-corrected chi connectivity index (χ2v) is 6.93. The van der Waals surface area contributed by atoms with E-state index in [1.807, 2.05) is 0 Å². The van der Waals surface area contributed by atoms with Gasteiger partial charge in [0.2, 0.25) is 0 Å². The topological polar surface area (TPSA) is 71.1 Å². The minimum Gasteiger partial charge on any atom is -0.349 e. The maximum atomic E-state index is 12.5. The third-order valence-electron chi connectivity index (χ3n) is 3.53. The van der Waals surface area contributed by atoms with Gasteiger partial charge in [0.15, 0.2) is 0 Å². The van der Waals surface area contributed by atoms with Crippen LogP contribution in [0.1, 0.15) is 33.7 Å². The highest BCUT2D eigenvalue weighted by Gasteiger charge is 2.26. The van der Waals surface area contributed by atoms with Crippen LogP contribution in [0.3, 0.4) is 0 Å². The van der Waals surface area contributed by atoms with Crippen LogP contribution in [-0.4, -0.2) is 22.8 Å². The molecule has 9 heteroatoms. The second-order valence-electron chi connectivity index (χ2n) is 5.44. The van der Waals surface area contributed by atoms with Crippen LogP contribution < -0.4 is 10.6 Å². The number of carbonyl (C=O) groups is 2. The third-order valence-corrected chi connectivity index (χ3v) is 5.21. The van der Waals surface area contributed by atoms with Crippen LogP contribution >= 0.6 is 46.4 Å². The number of amides is 2. The summed E-state index contributed by atoms with van der Waals surface area (Å²) in [6, 6.07) is 6.82. The zero-order chi connectivity index (χ0) is 18.1. The molecule has 1 saturated carbocycles. The van der Waals surface area contributed by atoms with Gasteiger partial charge in [-0.15, -0.1) is 0 Å². The van der Waals surface area contributed by atoms with Crippen LogP contribution in [-0.2, 0) is 0 Å². The number of nitrogens with one attached hydrogen (secondary N) is 2. The van der Waals surface area contributed by atoms with Gasteiger partial charge in [0, 0.05) is 6.04 Å². The molecule has 2 N–H and O–H groups in total. The lowest BCUT2D eigenvalue weighted by atomic mass is 10.1. The van der Waals surface area contributed by atoms with Gasteiger partial charge in [-0.25, -0.2) is 4.98 Å². The quantitative estimate of drug-likeness (QED) is 0.697. The van der Waals surface area contributed by atoms with E-state index >= 15 is 0 Å². The molecule has 0 aliphatic heterocycles. The first-order chi connectivity index (χ1) is 11.9. The number of halogens is 4. The zero-order valence-electron chi connectivity index (χ0n) is 12.6. The largest absolute Gasteiger partial charge is 0.349 e. The van der Waals surface area contributed by atoms with E-state index in [0.29, 0.717) is 11.3 Å². The maximum Gasteiger partial charge on any atom is 0.275 e. The number of pyridine rings is 1. The predicted octanol–water partition coefficient (Wildman–Crippen LogP) is 4.84. The van der Waals surface area contributed by atoms with Crippen molar-refractivity contribution in [3.8, 4) is 0 Å². The van der Waals surface area contributed by atoms with Crippen LogP contribution in [0.2, 0.25) is 20.2 Å². The van der Waals surface area contributed by atoms with Gasteiger partial charge in [-0.05, 0) is 25.0 Å². The van der Waals surface area contributed by atoms with E-state index in [0.717, 1.165) is 12.8 Å². The normalized spacial score (nSPS) is 13.4. The molecule has 2 amide bonds. The Balaban J connectivity index is 1.88. The molecule has 1 fully saturated rings. The zero-order valence-corrected chi connectivity index (χ0v) is 15.6. The SMILES string of the molecule is O=C(NC1CC1)c1ccccc1NC(=O)c1nc(Cl)c(Cl)c(Cl)c1Cl. The molecule has 1 aliphatic carbocycles. The Morgan fingerprint density at radius 2 is 1.64 bits per heavy atom. The number of para-hydroxylation sites is 1. The molecule has 130 valence electrons. The molecular weight excluding hydrogens is 408 g/mol. The molecule has 1 heterocycles. The highest BCUT2D eigenvalue weighted by molar-refractivity contribution is 6.52. The Morgan fingerprint density at radius 1 is 0.960 bits per heavy atom. The predicted molar refractivity (Wildman–Crippen MR) is 99.2 cm³/mol. The first-order valence-electron chi connectivity index (χ1n) is 7.29. The number of benzene rings is 1. The summed E-state index contributed by atoms with van der Waals surface area (Å²) in [4.78, 5) is 28.7. The van der Waals surface area contributed by atoms with Crippen molar-refractivity contribution < 1.29 is 9.59 Å². The van der Waals surface area contributed by atoms with Crippen molar-refractivity contribution in [2.24, 2.45) is 0 Å². The minimum absolute atomic E-state index is 0.0332. The summed E-state index contributed by atoms with van der Waals surface area (Å²) in [6.45, 7) is 0. The average molecular weight is 419 g/mol. The molecule has 1 aromatic heterocycles. The fourth-order valence-corrected chi connectivity index (χ4v) is 2.91. The highest BCUT2D eigenvalue weighted by Crippen LogP contribution is 2.36. The molecule has 0 bridgehead atoms. The number of nitrogens with zero attached hydrogens (tertiary/aromatic N) is 1. The fraction of sp³-hybridized carbons (Fsp3) is 0.188. The standard InChI is InChI=1S/C16H11Cl4N3O2/c17-10-11(18)13(23-14(20)12(10)19)16(25)22-9-4-2-1-3-8(9)15(24)21-7-5-6-7/h1-4,7H,5-6H2,(H,21,24)(H,22,25). The number of anilines is 1. The van der Waals surface area contributed by atoms with E-state index in [1.54, 1.807) is 24.3 Å². The Labute approximate surface area is 163 Å². The Hall–Kier alpha value is -1.53. The van der Waals surface area contributed by atoms with Crippen LogP contribution in [0, 0.1) is 0 Å². The van der Waals surface area contributed by atoms with Gasteiger partial charge in [0.1, 0.15) is 10.8 Å². The van der Waals surface area contributed by atoms with E-state index < -0.39 is 5.91 Å². The van der Waals surface area contributed by atoms with Crippen molar-refractivity contribution in [1.82, 2.24) is 10.3 Å². The number of hydrogen-bond donors (Lipinski definition) is 2. The molecule has 0 unspecified atom stereocenters. The van der Waals surface area contributed by atoms with Crippen LogP contribution in [0.25, 0.3) is 0 Å². The van der Waals surface area contributed by atoms with E-state index in [9.17, 15) is 9.59 Å². The van der Waals surface area contributed by atoms with Gasteiger partial charge in [-0.3, -0.25) is 9.59 Å². The molecule has 1 aromatic carbocycles. The minimum atomic E-state index is -0.655. The van der Waals surface area contributed by atoms with Crippen molar-refractivity contribution >= 4 is 63.9 Å². The highest BCUT2D eigenvalue weighted by atomic mass is 35.5. The van der Waals surface area contributed by atoms with E-state index in [4.69, 9.17) is 46.4 Å². The first kappa shape index (κ1) is 18.3. The van der Waals surface area contributed by atoms with Crippen molar-refractivity contribution in [2.75, 3.05) is 5.32 Å². The van der Waals surface area contributed by atoms with Gasteiger partial charge >= 0.3 is 0 Å². The van der Waals surface area contributed by atoms with Crippen LogP contribution in [0.4, 0.5) is 5.69 Å². The molecular formula is C16H11Cl4N3O2. The lowest BCUT2D eigenvalue weighted by Crippen LogP contribution is -2.27. The summed E-state index contributed by atoms with van der Waals surface area (Å²) in [5, 5.41) is 5.13. The van der Waals surface area contributed by atoms with Gasteiger partial charge in [-0.1, -0.05) is 58.5 Å². The molecule has 0 saturated heterocycles. The van der Waals surface area contributed by atoms with Crippen molar-refractivity contribution in [1.29, 1.82) is 0 Å². The van der Waals surface area contributed by atoms with Crippen LogP contribution in [0.5, 0.6) is 0 Å². The lowest BCUT2D eigenvalue weighted by Gasteiger charge is -2.12. The Bertz CT molecular complexity index is 869. The first-order valence-corrected chi connectivity index (χ1v) is 8.81. The summed E-state index contributed by atoms with van der Waals surface area (Å²) in [7, 11) is 0. The van der Waals surface area contributed by atoms with E-state index in [-0.39, 0.29) is 37.9 Å². The molecule has 5 nitrogen and oxygen atoms in total. The monoisotopic (exact) mass is 417 g/mol. The summed E-state index contributed by atoms with van der Waals surface area (Å²) >= 11 is 23.7. The van der Waals surface area contributed by atoms with Crippen LogP contribution in [0.15, 0.2) is 24.3 Å². The van der Waals surface area contributed by atoms with Gasteiger partial charge in [-0.2, -0.15) is 0 Å². The maximum absolute atomic E-state index is 12.5. The van der Waals surface area contributed by atoms with E-state index in [1.165, 1.54) is 0 Å². The molecule has 2 aromatic rings. The number of rotatable bonds is 4. The number of aromatic nitrogens is 1. The van der Waals surface area contributed by atoms with Gasteiger partial charge in [0.25, 0.3) is 11.8 Å². The van der Waals surface area contributed by atoms with Gasteiger partial charge in [0.05, 0.1) is 26.3 Å². The smallest absolute Gasteiger partial charge is 0.275 e. The summed E-state index contributed by atoms with van der Waals surface area (Å²) in [5.74, 6) is -0.915. The van der Waals surface area contributed by atoms with E-state index in [2.05, 4.69) is 15.6 Å². The lowest BCUT2D eigenvalue weighted by molar-refractivity contribution is 0.0952. The molecule has 3 rings (SSSR count). The molecule has 0 radical (unpaired) electrons. The van der Waals surface area contributed by atoms with Crippen molar-refractivity contribution in [2.45, 2.75) is 18.9 Å². The Morgan fingerprint density at radius 3 is 2.32 bits per heavy atom. The molecule has 0 atom stereocenters. The molecule has 25 heavy (non-hydrogen) atoms. The second kappa shape index (κ2) is 7.38. The fourth-order valence-electron chi connectivity index (χ4n) is 2.10. The number of carbonyl (C=O) groups excluding carboxylic acids is 2. The Kier molecular flexibility index (Phi) is 5.39. The number of hydrogen-bond acceptors (Lipinski definition) is 3. The summed E-state index contributed by atoms with van der Waals surface area (Å²) < 4.78 is 0. The van der Waals surface area contributed by atoms with Gasteiger partial charge < -0.3 is 10.6 Å².